The van der Waals surface area contributed by atoms with Crippen LogP contribution in [-0.4, -0.2) is 36.6 Å². The quantitative estimate of drug-likeness (QED) is 0.161. The highest BCUT2D eigenvalue weighted by Gasteiger charge is 2.59. The van der Waals surface area contributed by atoms with Gasteiger partial charge in [0.25, 0.3) is 0 Å². The summed E-state index contributed by atoms with van der Waals surface area (Å²) in [6, 6.07) is 46.1. The molecule has 264 valence electrons. The van der Waals surface area contributed by atoms with Crippen LogP contribution < -0.4 is 14.2 Å². The standard InChI is InChI=1S/C48H36O6/c1-52-31-16-10-13-28(25-31)46(49)37-22-7-4-19-34(37)40-43(46)41-35-20-5-8-23-38(35)47(50,29-14-11-17-32(26-29)53-2)45(41)42-36-21-6-9-24-39(36)48(51,44(40)42)30-15-12-18-33(27-30)54-3/h4-27,49-51H,1-3H3/t46-,47-,48+/m0/s1. The Morgan fingerprint density at radius 3 is 0.907 bits per heavy atom. The summed E-state index contributed by atoms with van der Waals surface area (Å²) in [6.45, 7) is 0. The number of fused-ring (bicyclic) bond motifs is 12. The summed E-state index contributed by atoms with van der Waals surface area (Å²) >= 11 is 0. The summed E-state index contributed by atoms with van der Waals surface area (Å²) < 4.78 is 17.1. The lowest BCUT2D eigenvalue weighted by molar-refractivity contribution is 0.122. The van der Waals surface area contributed by atoms with Crippen LogP contribution in [0.2, 0.25) is 0 Å². The maximum atomic E-state index is 13.8. The van der Waals surface area contributed by atoms with Crippen LogP contribution in [0.4, 0.5) is 0 Å². The molecule has 0 saturated carbocycles. The van der Waals surface area contributed by atoms with E-state index >= 15 is 0 Å². The van der Waals surface area contributed by atoms with E-state index in [4.69, 9.17) is 14.2 Å². The van der Waals surface area contributed by atoms with Crippen molar-refractivity contribution in [3.05, 3.63) is 196 Å². The van der Waals surface area contributed by atoms with Gasteiger partial charge < -0.3 is 29.5 Å². The molecule has 0 bridgehead atoms. The summed E-state index contributed by atoms with van der Waals surface area (Å²) in [5.74, 6) is 1.79. The largest absolute Gasteiger partial charge is 0.497 e. The van der Waals surface area contributed by atoms with Crippen molar-refractivity contribution >= 4 is 0 Å². The molecular formula is C48H36O6. The summed E-state index contributed by atoms with van der Waals surface area (Å²) in [4.78, 5) is 0. The third-order valence-electron chi connectivity index (χ3n) is 11.8. The van der Waals surface area contributed by atoms with E-state index in [1.807, 2.05) is 146 Å². The monoisotopic (exact) mass is 708 g/mol. The second-order valence-electron chi connectivity index (χ2n) is 14.2. The first-order valence-corrected chi connectivity index (χ1v) is 18.0. The fourth-order valence-electron chi connectivity index (χ4n) is 9.54. The maximum Gasteiger partial charge on any atom is 0.142 e. The van der Waals surface area contributed by atoms with Crippen LogP contribution in [0.3, 0.4) is 0 Å². The summed E-state index contributed by atoms with van der Waals surface area (Å²) in [5.41, 5.74) is 4.93. The Bertz CT molecular complexity index is 2380. The predicted molar refractivity (Wildman–Crippen MR) is 208 cm³/mol. The summed E-state index contributed by atoms with van der Waals surface area (Å²) in [5, 5.41) is 41.4. The lowest BCUT2D eigenvalue weighted by Crippen LogP contribution is -2.31. The van der Waals surface area contributed by atoms with Gasteiger partial charge in [0.05, 0.1) is 21.3 Å². The van der Waals surface area contributed by atoms with E-state index in [2.05, 4.69) is 0 Å². The van der Waals surface area contributed by atoms with Crippen molar-refractivity contribution in [2.45, 2.75) is 16.8 Å². The average Bonchev–Trinajstić information content (AvgIpc) is 3.78. The van der Waals surface area contributed by atoms with Crippen molar-refractivity contribution in [3.8, 4) is 50.6 Å². The second kappa shape index (κ2) is 11.4. The van der Waals surface area contributed by atoms with E-state index in [-0.39, 0.29) is 0 Å². The van der Waals surface area contributed by atoms with E-state index in [1.165, 1.54) is 0 Å². The van der Waals surface area contributed by atoms with Gasteiger partial charge in [-0.1, -0.05) is 109 Å². The molecule has 0 radical (unpaired) electrons. The molecule has 0 aromatic heterocycles. The zero-order chi connectivity index (χ0) is 37.0. The SMILES string of the molecule is COc1cccc([C@@]2(O)c3ccccc3-c3c2c2c(c4c3[C@](O)(c3cccc(OC)c3)c3ccccc3-4)[C@](O)(c3cccc(OC)c3)c3ccccc3-2)c1. The molecule has 0 aliphatic heterocycles. The van der Waals surface area contributed by atoms with Crippen LogP contribution in [0.1, 0.15) is 50.1 Å². The smallest absolute Gasteiger partial charge is 0.142 e. The normalized spacial score (nSPS) is 21.0. The number of hydrogen-bond donors (Lipinski definition) is 3. The fraction of sp³-hybridized carbons (Fsp3) is 0.125. The lowest BCUT2D eigenvalue weighted by Gasteiger charge is -2.34. The highest BCUT2D eigenvalue weighted by atomic mass is 16.5. The molecule has 54 heavy (non-hydrogen) atoms. The van der Waals surface area contributed by atoms with E-state index in [0.29, 0.717) is 67.3 Å². The number of aliphatic hydroxyl groups is 3. The van der Waals surface area contributed by atoms with E-state index in [0.717, 1.165) is 33.4 Å². The van der Waals surface area contributed by atoms with Crippen LogP contribution in [0.15, 0.2) is 146 Å². The van der Waals surface area contributed by atoms with E-state index in [1.54, 1.807) is 21.3 Å². The van der Waals surface area contributed by atoms with Crippen LogP contribution in [0.5, 0.6) is 17.2 Å². The fourth-order valence-corrected chi connectivity index (χ4v) is 9.54. The number of ether oxygens (including phenoxy) is 3. The first kappa shape index (κ1) is 32.5. The zero-order valence-corrected chi connectivity index (χ0v) is 29.9. The van der Waals surface area contributed by atoms with E-state index < -0.39 is 16.8 Å². The first-order valence-electron chi connectivity index (χ1n) is 18.0. The van der Waals surface area contributed by atoms with Gasteiger partial charge >= 0.3 is 0 Å². The number of hydrogen-bond acceptors (Lipinski definition) is 6. The molecule has 3 N–H and O–H groups in total. The Balaban J connectivity index is 1.47. The minimum absolute atomic E-state index is 0.589. The van der Waals surface area contributed by atoms with Crippen LogP contribution >= 0.6 is 0 Å². The molecule has 7 aromatic carbocycles. The minimum atomic E-state index is -1.73. The highest BCUT2D eigenvalue weighted by molar-refractivity contribution is 6.05. The molecule has 0 amide bonds. The van der Waals surface area contributed by atoms with Crippen LogP contribution in [-0.2, 0) is 16.8 Å². The highest BCUT2D eigenvalue weighted by Crippen LogP contribution is 2.69. The topological polar surface area (TPSA) is 88.4 Å². The zero-order valence-electron chi connectivity index (χ0n) is 29.9. The molecule has 6 nitrogen and oxygen atoms in total. The molecule has 0 fully saturated rings. The van der Waals surface area contributed by atoms with Crippen molar-refractivity contribution in [2.24, 2.45) is 0 Å². The van der Waals surface area contributed by atoms with E-state index in [9.17, 15) is 15.3 Å². The van der Waals surface area contributed by atoms with Gasteiger partial charge in [0.1, 0.15) is 34.1 Å². The lowest BCUT2D eigenvalue weighted by atomic mass is 9.73. The summed E-state index contributed by atoms with van der Waals surface area (Å²) in [6.07, 6.45) is 0. The minimum Gasteiger partial charge on any atom is -0.497 e. The summed E-state index contributed by atoms with van der Waals surface area (Å²) in [7, 11) is 4.83. The Labute approximate surface area is 313 Å². The van der Waals surface area contributed by atoms with Gasteiger partial charge in [-0.05, 0) is 86.5 Å². The molecule has 7 aromatic rings. The predicted octanol–water partition coefficient (Wildman–Crippen LogP) is 8.51. The molecule has 6 heteroatoms. The third-order valence-corrected chi connectivity index (χ3v) is 11.8. The molecular weight excluding hydrogens is 673 g/mol. The number of rotatable bonds is 6. The number of methoxy groups -OCH3 is 3. The average molecular weight is 709 g/mol. The van der Waals surface area contributed by atoms with Gasteiger partial charge in [0.15, 0.2) is 0 Å². The van der Waals surface area contributed by atoms with Crippen LogP contribution in [0, 0.1) is 0 Å². The third kappa shape index (κ3) is 3.94. The molecule has 3 aliphatic rings. The van der Waals surface area contributed by atoms with Crippen molar-refractivity contribution in [1.82, 2.24) is 0 Å². The first-order chi connectivity index (χ1) is 26.3. The van der Waals surface area contributed by atoms with Gasteiger partial charge in [-0.3, -0.25) is 0 Å². The Kier molecular flexibility index (Phi) is 6.86. The molecule has 3 atom stereocenters. The molecule has 0 unspecified atom stereocenters. The van der Waals surface area contributed by atoms with Gasteiger partial charge in [-0.25, -0.2) is 0 Å². The van der Waals surface area contributed by atoms with Gasteiger partial charge in [0, 0.05) is 33.4 Å². The van der Waals surface area contributed by atoms with Gasteiger partial charge in [-0.15, -0.1) is 0 Å². The molecule has 3 aliphatic carbocycles. The second-order valence-corrected chi connectivity index (χ2v) is 14.2. The van der Waals surface area contributed by atoms with Crippen molar-refractivity contribution < 1.29 is 29.5 Å². The maximum absolute atomic E-state index is 13.8. The van der Waals surface area contributed by atoms with Crippen molar-refractivity contribution in [2.75, 3.05) is 21.3 Å². The van der Waals surface area contributed by atoms with Gasteiger partial charge in [0.2, 0.25) is 0 Å². The number of benzene rings is 7. The molecule has 0 heterocycles. The van der Waals surface area contributed by atoms with Gasteiger partial charge in [-0.2, -0.15) is 0 Å². The molecule has 10 rings (SSSR count). The molecule has 0 spiro atoms. The Morgan fingerprint density at radius 1 is 0.352 bits per heavy atom. The molecule has 0 saturated heterocycles. The van der Waals surface area contributed by atoms with Crippen LogP contribution in [0.25, 0.3) is 33.4 Å². The van der Waals surface area contributed by atoms with Crippen molar-refractivity contribution in [3.63, 3.8) is 0 Å². The van der Waals surface area contributed by atoms with Crippen molar-refractivity contribution in [1.29, 1.82) is 0 Å². The Morgan fingerprint density at radius 2 is 0.630 bits per heavy atom. The Hall–Kier alpha value is -6.18.